The lowest BCUT2D eigenvalue weighted by Gasteiger charge is -2.29. The molecule has 158 valence electrons. The number of imidazole rings is 1. The van der Waals surface area contributed by atoms with Crippen LogP contribution in [0.4, 0.5) is 21.7 Å². The van der Waals surface area contributed by atoms with Crippen LogP contribution in [0.25, 0.3) is 16.9 Å². The van der Waals surface area contributed by atoms with Crippen LogP contribution in [-0.4, -0.2) is 50.7 Å². The van der Waals surface area contributed by atoms with E-state index >= 15 is 0 Å². The molecule has 0 aliphatic carbocycles. The van der Waals surface area contributed by atoms with E-state index in [4.69, 9.17) is 5.10 Å². The summed E-state index contributed by atoms with van der Waals surface area (Å²) in [5.41, 5.74) is 3.43. The van der Waals surface area contributed by atoms with Crippen LogP contribution in [-0.2, 0) is 0 Å². The zero-order valence-corrected chi connectivity index (χ0v) is 17.3. The lowest BCUT2D eigenvalue weighted by Crippen LogP contribution is -2.36. The van der Waals surface area contributed by atoms with E-state index in [0.29, 0.717) is 6.04 Å². The second-order valence-electron chi connectivity index (χ2n) is 7.89. The molecule has 0 saturated carbocycles. The molecule has 4 aromatic rings. The number of hydrogen-bond donors (Lipinski definition) is 2. The summed E-state index contributed by atoms with van der Waals surface area (Å²) >= 11 is 0. The van der Waals surface area contributed by atoms with Gasteiger partial charge in [0.15, 0.2) is 17.3 Å². The van der Waals surface area contributed by atoms with Gasteiger partial charge in [-0.2, -0.15) is 0 Å². The van der Waals surface area contributed by atoms with Gasteiger partial charge in [0.1, 0.15) is 5.82 Å². The monoisotopic (exact) mass is 417 g/mol. The fourth-order valence-electron chi connectivity index (χ4n) is 3.85. The highest BCUT2D eigenvalue weighted by atomic mass is 19.1. The second-order valence-corrected chi connectivity index (χ2v) is 7.89. The number of halogens is 1. The number of anilines is 3. The summed E-state index contributed by atoms with van der Waals surface area (Å²) in [5, 5.41) is 11.3. The molecule has 1 aliphatic rings. The van der Waals surface area contributed by atoms with Crippen molar-refractivity contribution in [3.8, 4) is 11.3 Å². The zero-order chi connectivity index (χ0) is 21.2. The predicted molar refractivity (Wildman–Crippen MR) is 120 cm³/mol. The standard InChI is InChI=1S/C23H24FN7/c1-30-13-10-18(11-14-30)27-21-8-9-22-26-15-20(31(22)29-21)16-4-6-17(7-5-16)28-23-19(24)3-2-12-25-23/h2-9,12,15,18H,10-11,13-14H2,1H3,(H,25,28)(H,27,29). The van der Waals surface area contributed by atoms with Crippen LogP contribution in [0.2, 0.25) is 0 Å². The average Bonchev–Trinajstić information content (AvgIpc) is 3.21. The van der Waals surface area contributed by atoms with E-state index in [0.717, 1.165) is 54.3 Å². The van der Waals surface area contributed by atoms with Crippen LogP contribution < -0.4 is 10.6 Å². The number of piperidine rings is 1. The fourth-order valence-corrected chi connectivity index (χ4v) is 3.85. The molecule has 0 bridgehead atoms. The Morgan fingerprint density at radius 2 is 1.81 bits per heavy atom. The zero-order valence-electron chi connectivity index (χ0n) is 17.3. The molecule has 0 radical (unpaired) electrons. The predicted octanol–water partition coefficient (Wildman–Crippen LogP) is 4.18. The minimum atomic E-state index is -0.387. The Balaban J connectivity index is 1.36. The van der Waals surface area contributed by atoms with Gasteiger partial charge in [0.2, 0.25) is 0 Å². The van der Waals surface area contributed by atoms with Gasteiger partial charge < -0.3 is 15.5 Å². The first-order valence-corrected chi connectivity index (χ1v) is 10.4. The fraction of sp³-hybridized carbons (Fsp3) is 0.261. The molecule has 1 fully saturated rings. The van der Waals surface area contributed by atoms with E-state index in [2.05, 4.69) is 32.5 Å². The molecule has 4 heterocycles. The van der Waals surface area contributed by atoms with Gasteiger partial charge in [0.05, 0.1) is 11.9 Å². The van der Waals surface area contributed by atoms with Crippen molar-refractivity contribution < 1.29 is 4.39 Å². The molecule has 8 heteroatoms. The number of benzene rings is 1. The summed E-state index contributed by atoms with van der Waals surface area (Å²) in [6.07, 6.45) is 5.60. The maximum absolute atomic E-state index is 13.8. The largest absolute Gasteiger partial charge is 0.366 e. The number of nitrogens with one attached hydrogen (secondary N) is 2. The smallest absolute Gasteiger partial charge is 0.166 e. The quantitative estimate of drug-likeness (QED) is 0.508. The Bertz CT molecular complexity index is 1180. The third kappa shape index (κ3) is 4.20. The molecule has 31 heavy (non-hydrogen) atoms. The van der Waals surface area contributed by atoms with Crippen molar-refractivity contribution >= 4 is 23.0 Å². The summed E-state index contributed by atoms with van der Waals surface area (Å²) in [7, 11) is 2.16. The van der Waals surface area contributed by atoms with Crippen molar-refractivity contribution in [2.45, 2.75) is 18.9 Å². The van der Waals surface area contributed by atoms with Crippen LogP contribution in [0.1, 0.15) is 12.8 Å². The summed E-state index contributed by atoms with van der Waals surface area (Å²) in [4.78, 5) is 10.9. The van der Waals surface area contributed by atoms with E-state index in [1.807, 2.05) is 47.1 Å². The van der Waals surface area contributed by atoms with Crippen LogP contribution in [0.3, 0.4) is 0 Å². The minimum Gasteiger partial charge on any atom is -0.366 e. The van der Waals surface area contributed by atoms with E-state index in [9.17, 15) is 4.39 Å². The van der Waals surface area contributed by atoms with Gasteiger partial charge >= 0.3 is 0 Å². The molecule has 0 atom stereocenters. The topological polar surface area (TPSA) is 70.4 Å². The van der Waals surface area contributed by atoms with Gasteiger partial charge in [0, 0.05) is 23.5 Å². The Kier molecular flexibility index (Phi) is 5.21. The third-order valence-electron chi connectivity index (χ3n) is 5.63. The molecular weight excluding hydrogens is 393 g/mol. The van der Waals surface area contributed by atoms with Crippen LogP contribution >= 0.6 is 0 Å². The van der Waals surface area contributed by atoms with Gasteiger partial charge in [-0.25, -0.2) is 18.9 Å². The minimum absolute atomic E-state index is 0.205. The Labute approximate surface area is 180 Å². The molecule has 1 aliphatic heterocycles. The van der Waals surface area contributed by atoms with Crippen LogP contribution in [0.5, 0.6) is 0 Å². The molecule has 3 aromatic heterocycles. The Hall–Kier alpha value is -3.52. The van der Waals surface area contributed by atoms with Crippen molar-refractivity contribution in [1.29, 1.82) is 0 Å². The molecule has 0 unspecified atom stereocenters. The summed E-state index contributed by atoms with van der Waals surface area (Å²) in [6.45, 7) is 2.19. The maximum atomic E-state index is 13.8. The van der Waals surface area contributed by atoms with Crippen LogP contribution in [0, 0.1) is 5.82 Å². The second kappa shape index (κ2) is 8.31. The molecule has 5 rings (SSSR count). The number of fused-ring (bicyclic) bond motifs is 1. The van der Waals surface area contributed by atoms with E-state index in [-0.39, 0.29) is 11.6 Å². The van der Waals surface area contributed by atoms with Gasteiger partial charge in [0.25, 0.3) is 0 Å². The summed E-state index contributed by atoms with van der Waals surface area (Å²) < 4.78 is 15.7. The average molecular weight is 417 g/mol. The first kappa shape index (κ1) is 19.4. The van der Waals surface area contributed by atoms with Crippen molar-refractivity contribution in [3.63, 3.8) is 0 Å². The van der Waals surface area contributed by atoms with Crippen molar-refractivity contribution in [2.75, 3.05) is 30.8 Å². The number of nitrogens with zero attached hydrogens (tertiary/aromatic N) is 5. The van der Waals surface area contributed by atoms with E-state index in [1.165, 1.54) is 6.07 Å². The van der Waals surface area contributed by atoms with Crippen molar-refractivity contribution in [3.05, 3.63) is 66.7 Å². The summed E-state index contributed by atoms with van der Waals surface area (Å²) in [5.74, 6) is 0.670. The first-order valence-electron chi connectivity index (χ1n) is 10.4. The highest BCUT2D eigenvalue weighted by Crippen LogP contribution is 2.25. The molecular formula is C23H24FN7. The normalized spacial score (nSPS) is 15.3. The Morgan fingerprint density at radius 3 is 2.58 bits per heavy atom. The SMILES string of the molecule is CN1CCC(Nc2ccc3ncc(-c4ccc(Nc5ncccc5F)cc4)n3n2)CC1. The third-order valence-corrected chi connectivity index (χ3v) is 5.63. The van der Waals surface area contributed by atoms with Gasteiger partial charge in [-0.3, -0.25) is 0 Å². The van der Waals surface area contributed by atoms with Gasteiger partial charge in [-0.05, 0) is 69.4 Å². The lowest BCUT2D eigenvalue weighted by molar-refractivity contribution is 0.263. The molecule has 0 amide bonds. The molecule has 7 nitrogen and oxygen atoms in total. The molecule has 1 aromatic carbocycles. The van der Waals surface area contributed by atoms with Gasteiger partial charge in [-0.15, -0.1) is 5.10 Å². The van der Waals surface area contributed by atoms with Crippen molar-refractivity contribution in [2.24, 2.45) is 0 Å². The van der Waals surface area contributed by atoms with Crippen LogP contribution in [0.15, 0.2) is 60.9 Å². The molecule has 1 saturated heterocycles. The molecule has 2 N–H and O–H groups in total. The summed E-state index contributed by atoms with van der Waals surface area (Å²) in [6, 6.07) is 15.1. The number of pyridine rings is 1. The maximum Gasteiger partial charge on any atom is 0.166 e. The molecule has 0 spiro atoms. The highest BCUT2D eigenvalue weighted by molar-refractivity contribution is 5.67. The number of hydrogen-bond acceptors (Lipinski definition) is 6. The number of likely N-dealkylation sites (tertiary alicyclic amines) is 1. The highest BCUT2D eigenvalue weighted by Gasteiger charge is 2.17. The van der Waals surface area contributed by atoms with Crippen molar-refractivity contribution in [1.82, 2.24) is 24.5 Å². The number of rotatable bonds is 5. The number of aromatic nitrogens is 4. The van der Waals surface area contributed by atoms with E-state index < -0.39 is 0 Å². The lowest BCUT2D eigenvalue weighted by atomic mass is 10.1. The first-order chi connectivity index (χ1) is 15.2. The Morgan fingerprint density at radius 1 is 1.00 bits per heavy atom. The van der Waals surface area contributed by atoms with E-state index in [1.54, 1.807) is 12.3 Å². The van der Waals surface area contributed by atoms with Gasteiger partial charge in [-0.1, -0.05) is 12.1 Å².